The number of carbonyl (C=O) groups is 1. The molecule has 0 saturated carbocycles. The van der Waals surface area contributed by atoms with Crippen molar-refractivity contribution in [3.63, 3.8) is 0 Å². The average molecular weight is 346 g/mol. The number of aryl methyl sites for hydroxylation is 1. The summed E-state index contributed by atoms with van der Waals surface area (Å²) in [7, 11) is 3.13. The quantitative estimate of drug-likeness (QED) is 0.857. The van der Waals surface area contributed by atoms with E-state index < -0.39 is 0 Å². The molecule has 1 N–H and O–H groups in total. The van der Waals surface area contributed by atoms with E-state index in [1.54, 1.807) is 39.3 Å². The van der Waals surface area contributed by atoms with Crippen LogP contribution >= 0.6 is 0 Å². The van der Waals surface area contributed by atoms with Gasteiger partial charge in [-0.15, -0.1) is 10.2 Å². The second-order valence-corrected chi connectivity index (χ2v) is 5.91. The first kappa shape index (κ1) is 17.2. The lowest BCUT2D eigenvalue weighted by atomic mass is 10.2. The Balaban J connectivity index is 1.64. The van der Waals surface area contributed by atoms with Crippen molar-refractivity contribution in [1.29, 1.82) is 0 Å². The normalized spacial score (nSPS) is 17.5. The first-order valence-electron chi connectivity index (χ1n) is 8.16. The summed E-state index contributed by atoms with van der Waals surface area (Å²) in [5.74, 6) is 2.20. The first-order chi connectivity index (χ1) is 12.1. The van der Waals surface area contributed by atoms with Crippen LogP contribution in [0.3, 0.4) is 0 Å². The molecule has 8 heteroatoms. The third-order valence-electron chi connectivity index (χ3n) is 4.20. The molecule has 2 heterocycles. The molecule has 0 spiro atoms. The number of carbonyl (C=O) groups excluding carboxylic acids is 1. The second kappa shape index (κ2) is 7.52. The van der Waals surface area contributed by atoms with E-state index in [-0.39, 0.29) is 18.5 Å². The summed E-state index contributed by atoms with van der Waals surface area (Å²) >= 11 is 0. The number of amides is 1. The summed E-state index contributed by atoms with van der Waals surface area (Å²) in [4.78, 5) is 14.5. The zero-order chi connectivity index (χ0) is 17.8. The third kappa shape index (κ3) is 3.90. The Morgan fingerprint density at radius 3 is 2.80 bits per heavy atom. The Hall–Kier alpha value is -2.61. The van der Waals surface area contributed by atoms with E-state index in [2.05, 4.69) is 20.4 Å². The zero-order valence-corrected chi connectivity index (χ0v) is 14.6. The van der Waals surface area contributed by atoms with E-state index in [0.717, 1.165) is 19.4 Å². The van der Waals surface area contributed by atoms with Gasteiger partial charge < -0.3 is 19.2 Å². The highest BCUT2D eigenvalue weighted by Gasteiger charge is 2.31. The van der Waals surface area contributed by atoms with E-state index in [9.17, 15) is 4.79 Å². The zero-order valence-electron chi connectivity index (χ0n) is 14.6. The molecule has 1 aromatic carbocycles. The SMILES string of the molecule is COc1ccc(NC(=O)CN2CCC[C@H]2c2nnc(C)o2)cc1OC. The maximum Gasteiger partial charge on any atom is 0.238 e. The molecule has 0 radical (unpaired) electrons. The van der Waals surface area contributed by atoms with Gasteiger partial charge in [0.1, 0.15) is 0 Å². The van der Waals surface area contributed by atoms with Gasteiger partial charge in [-0.05, 0) is 31.5 Å². The number of rotatable bonds is 6. The van der Waals surface area contributed by atoms with Crippen molar-refractivity contribution < 1.29 is 18.7 Å². The molecule has 1 fully saturated rings. The van der Waals surface area contributed by atoms with Gasteiger partial charge >= 0.3 is 0 Å². The van der Waals surface area contributed by atoms with Gasteiger partial charge in [0.2, 0.25) is 17.7 Å². The summed E-state index contributed by atoms with van der Waals surface area (Å²) in [6.45, 7) is 2.85. The highest BCUT2D eigenvalue weighted by Crippen LogP contribution is 2.32. The van der Waals surface area contributed by atoms with Crippen LogP contribution in [0.15, 0.2) is 22.6 Å². The average Bonchev–Trinajstić information content (AvgIpc) is 3.23. The Kier molecular flexibility index (Phi) is 5.18. The number of ether oxygens (including phenoxy) is 2. The fraction of sp³-hybridized carbons (Fsp3) is 0.471. The van der Waals surface area contributed by atoms with E-state index in [1.807, 2.05) is 0 Å². The number of hydrogen-bond acceptors (Lipinski definition) is 7. The number of methoxy groups -OCH3 is 2. The predicted octanol–water partition coefficient (Wildman–Crippen LogP) is 2.17. The molecular formula is C17H22N4O4. The van der Waals surface area contributed by atoms with E-state index in [1.165, 1.54) is 0 Å². The van der Waals surface area contributed by atoms with Crippen LogP contribution in [0, 0.1) is 6.92 Å². The number of anilines is 1. The Labute approximate surface area is 146 Å². The number of aromatic nitrogens is 2. The molecule has 1 aliphatic heterocycles. The van der Waals surface area contributed by atoms with Crippen LogP contribution in [0.2, 0.25) is 0 Å². The molecule has 1 amide bonds. The molecule has 3 rings (SSSR count). The van der Waals surface area contributed by atoms with E-state index >= 15 is 0 Å². The summed E-state index contributed by atoms with van der Waals surface area (Å²) in [6, 6.07) is 5.27. The van der Waals surface area contributed by atoms with Crippen molar-refractivity contribution in [2.45, 2.75) is 25.8 Å². The lowest BCUT2D eigenvalue weighted by Gasteiger charge is -2.21. The van der Waals surface area contributed by atoms with Crippen molar-refractivity contribution in [1.82, 2.24) is 15.1 Å². The molecule has 0 unspecified atom stereocenters. The number of nitrogens with zero attached hydrogens (tertiary/aromatic N) is 3. The van der Waals surface area contributed by atoms with Crippen molar-refractivity contribution in [3.05, 3.63) is 30.0 Å². The van der Waals surface area contributed by atoms with Gasteiger partial charge in [-0.2, -0.15) is 0 Å². The standard InChI is InChI=1S/C17H22N4O4/c1-11-19-20-17(25-11)13-5-4-8-21(13)10-16(22)18-12-6-7-14(23-2)15(9-12)24-3/h6-7,9,13H,4-5,8,10H2,1-3H3,(H,18,22)/t13-/m0/s1. The highest BCUT2D eigenvalue weighted by molar-refractivity contribution is 5.92. The lowest BCUT2D eigenvalue weighted by molar-refractivity contribution is -0.117. The minimum absolute atomic E-state index is 0.00245. The molecule has 1 saturated heterocycles. The lowest BCUT2D eigenvalue weighted by Crippen LogP contribution is -2.33. The summed E-state index contributed by atoms with van der Waals surface area (Å²) in [5.41, 5.74) is 0.659. The summed E-state index contributed by atoms with van der Waals surface area (Å²) < 4.78 is 16.0. The Morgan fingerprint density at radius 2 is 2.12 bits per heavy atom. The molecule has 2 aromatic rings. The van der Waals surface area contributed by atoms with Gasteiger partial charge in [0.15, 0.2) is 11.5 Å². The molecule has 1 aliphatic rings. The van der Waals surface area contributed by atoms with Crippen LogP contribution in [0.1, 0.15) is 30.7 Å². The van der Waals surface area contributed by atoms with Crippen LogP contribution in [0.25, 0.3) is 0 Å². The van der Waals surface area contributed by atoms with Crippen LogP contribution in [0.4, 0.5) is 5.69 Å². The minimum Gasteiger partial charge on any atom is -0.493 e. The molecule has 134 valence electrons. The van der Waals surface area contributed by atoms with E-state index in [4.69, 9.17) is 13.9 Å². The van der Waals surface area contributed by atoms with Crippen molar-refractivity contribution in [3.8, 4) is 11.5 Å². The van der Waals surface area contributed by atoms with Gasteiger partial charge in [-0.1, -0.05) is 0 Å². The van der Waals surface area contributed by atoms with Gasteiger partial charge in [0.05, 0.1) is 26.8 Å². The molecule has 1 atom stereocenters. The van der Waals surface area contributed by atoms with Crippen molar-refractivity contribution in [2.75, 3.05) is 32.6 Å². The van der Waals surface area contributed by atoms with E-state index in [0.29, 0.717) is 29.0 Å². The summed E-state index contributed by atoms with van der Waals surface area (Å²) in [5, 5.41) is 10.9. The van der Waals surface area contributed by atoms with Crippen LogP contribution in [-0.2, 0) is 4.79 Å². The van der Waals surface area contributed by atoms with Crippen molar-refractivity contribution >= 4 is 11.6 Å². The van der Waals surface area contributed by atoms with Gasteiger partial charge in [-0.25, -0.2) is 0 Å². The van der Waals surface area contributed by atoms with Crippen molar-refractivity contribution in [2.24, 2.45) is 0 Å². The monoisotopic (exact) mass is 346 g/mol. The second-order valence-electron chi connectivity index (χ2n) is 5.91. The third-order valence-corrected chi connectivity index (χ3v) is 4.20. The topological polar surface area (TPSA) is 89.7 Å². The predicted molar refractivity (Wildman–Crippen MR) is 90.8 cm³/mol. The maximum absolute atomic E-state index is 12.4. The van der Waals surface area contributed by atoms with Crippen LogP contribution in [-0.4, -0.2) is 48.3 Å². The minimum atomic E-state index is -0.102. The molecule has 0 aliphatic carbocycles. The molecule has 8 nitrogen and oxygen atoms in total. The number of hydrogen-bond donors (Lipinski definition) is 1. The number of nitrogens with one attached hydrogen (secondary N) is 1. The molecular weight excluding hydrogens is 324 g/mol. The highest BCUT2D eigenvalue weighted by atomic mass is 16.5. The van der Waals surface area contributed by atoms with Gasteiger partial charge in [-0.3, -0.25) is 9.69 Å². The number of likely N-dealkylation sites (tertiary alicyclic amines) is 1. The van der Waals surface area contributed by atoms with Gasteiger partial charge in [0, 0.05) is 18.7 Å². The number of benzene rings is 1. The largest absolute Gasteiger partial charge is 0.493 e. The molecule has 1 aromatic heterocycles. The van der Waals surface area contributed by atoms with Gasteiger partial charge in [0.25, 0.3) is 0 Å². The summed E-state index contributed by atoms with van der Waals surface area (Å²) in [6.07, 6.45) is 1.90. The van der Waals surface area contributed by atoms with Crippen LogP contribution in [0.5, 0.6) is 11.5 Å². The van der Waals surface area contributed by atoms with Crippen LogP contribution < -0.4 is 14.8 Å². The Morgan fingerprint density at radius 1 is 1.32 bits per heavy atom. The molecule has 25 heavy (non-hydrogen) atoms. The first-order valence-corrected chi connectivity index (χ1v) is 8.16. The maximum atomic E-state index is 12.4. The molecule has 0 bridgehead atoms. The Bertz CT molecular complexity index is 746. The smallest absolute Gasteiger partial charge is 0.238 e. The fourth-order valence-corrected chi connectivity index (χ4v) is 3.04. The fourth-order valence-electron chi connectivity index (χ4n) is 3.04.